The van der Waals surface area contributed by atoms with E-state index in [0.29, 0.717) is 41.9 Å². The Morgan fingerprint density at radius 2 is 1.75 bits per heavy atom. The topological polar surface area (TPSA) is 122 Å². The number of carbonyl (C=O) groups excluding carboxylic acids is 3. The lowest BCUT2D eigenvalue weighted by atomic mass is 9.92. The van der Waals surface area contributed by atoms with Crippen LogP contribution in [-0.2, 0) is 28.9 Å². The lowest BCUT2D eigenvalue weighted by Crippen LogP contribution is -2.37. The van der Waals surface area contributed by atoms with Gasteiger partial charge in [-0.2, -0.15) is 5.26 Å². The predicted octanol–water partition coefficient (Wildman–Crippen LogP) is 8.06. The van der Waals surface area contributed by atoms with E-state index in [0.717, 1.165) is 29.0 Å². The molecule has 1 aliphatic rings. The van der Waals surface area contributed by atoms with Gasteiger partial charge in [-0.3, -0.25) is 14.7 Å². The van der Waals surface area contributed by atoms with Crippen LogP contribution in [0.3, 0.4) is 0 Å². The molecule has 1 atom stereocenters. The summed E-state index contributed by atoms with van der Waals surface area (Å²) < 4.78 is 52.0. The van der Waals surface area contributed by atoms with Crippen LogP contribution in [0.4, 0.5) is 18.0 Å². The summed E-state index contributed by atoms with van der Waals surface area (Å²) in [6, 6.07) is 14.0. The quantitative estimate of drug-likeness (QED) is 0.165. The van der Waals surface area contributed by atoms with E-state index >= 15 is 0 Å². The maximum atomic E-state index is 13.9. The molecule has 2 amide bonds. The smallest absolute Gasteiger partial charge is 0.410 e. The predicted molar refractivity (Wildman–Crippen MR) is 184 cm³/mol. The molecule has 1 fully saturated rings. The number of hydrogen-bond acceptors (Lipinski definition) is 8. The highest BCUT2D eigenvalue weighted by Crippen LogP contribution is 2.42. The molecule has 2 aromatic carbocycles. The molecule has 3 heterocycles. The Morgan fingerprint density at radius 1 is 1.02 bits per heavy atom. The van der Waals surface area contributed by atoms with Crippen molar-refractivity contribution in [3.8, 4) is 16.5 Å². The molecule has 0 saturated carbocycles. The SMILES string of the molecule is CCOC(=O)c1c([C@@H]2CCCN2C(=O)OC(C)(C)C)nc(CCc2ccc(F)cc2)c(C#N)c1-c1ccc(C(=O)NCc2ccc(F)c(F)c2)s1. The fourth-order valence-corrected chi connectivity index (χ4v) is 6.85. The third kappa shape index (κ3) is 8.75. The van der Waals surface area contributed by atoms with Gasteiger partial charge in [0.1, 0.15) is 17.5 Å². The van der Waals surface area contributed by atoms with Crippen LogP contribution in [0.15, 0.2) is 54.6 Å². The first-order chi connectivity index (χ1) is 24.3. The molecule has 9 nitrogen and oxygen atoms in total. The zero-order valence-corrected chi connectivity index (χ0v) is 29.5. The van der Waals surface area contributed by atoms with Crippen molar-refractivity contribution < 1.29 is 37.0 Å². The highest BCUT2D eigenvalue weighted by molar-refractivity contribution is 7.17. The standard InChI is InChI=1S/C38H37F3N4O5S/c1-5-49-36(47)33-32(30-16-17-31(51-30)35(46)43-21-23-10-14-26(40)27(41)19-23)25(20-42)28(15-11-22-8-12-24(39)13-9-22)44-34(33)29-7-6-18-45(29)37(48)50-38(2,3)4/h8-10,12-14,16-17,19,29H,5-7,11,15,18,21H2,1-4H3,(H,43,46)/t29-/m0/s1. The van der Waals surface area contributed by atoms with E-state index in [1.165, 1.54) is 29.2 Å². The number of thiophene rings is 1. The summed E-state index contributed by atoms with van der Waals surface area (Å²) in [7, 11) is 0. The Hall–Kier alpha value is -5.22. The monoisotopic (exact) mass is 718 g/mol. The van der Waals surface area contributed by atoms with Gasteiger partial charge in [-0.15, -0.1) is 11.3 Å². The molecule has 1 saturated heterocycles. The Labute approximate surface area is 298 Å². The molecule has 5 rings (SSSR count). The molecule has 0 spiro atoms. The van der Waals surface area contributed by atoms with Gasteiger partial charge in [-0.25, -0.2) is 22.8 Å². The summed E-state index contributed by atoms with van der Waals surface area (Å²) in [5.74, 6) is -3.68. The van der Waals surface area contributed by atoms with Gasteiger partial charge in [0, 0.05) is 23.5 Å². The van der Waals surface area contributed by atoms with Crippen LogP contribution in [0, 0.1) is 28.8 Å². The third-order valence-corrected chi connectivity index (χ3v) is 9.27. The van der Waals surface area contributed by atoms with Crippen LogP contribution < -0.4 is 5.32 Å². The normalized spacial score (nSPS) is 14.2. The fraction of sp³-hybridized carbons (Fsp3) is 0.342. The van der Waals surface area contributed by atoms with E-state index in [-0.39, 0.29) is 52.7 Å². The Bertz CT molecular complexity index is 1980. The second-order valence-electron chi connectivity index (χ2n) is 13.0. The molecule has 0 unspecified atom stereocenters. The minimum atomic E-state index is -1.04. The van der Waals surface area contributed by atoms with Crippen LogP contribution in [0.5, 0.6) is 0 Å². The summed E-state index contributed by atoms with van der Waals surface area (Å²) in [5.41, 5.74) is 1.30. The van der Waals surface area contributed by atoms with Crippen molar-refractivity contribution in [3.63, 3.8) is 0 Å². The third-order valence-electron chi connectivity index (χ3n) is 8.16. The second-order valence-corrected chi connectivity index (χ2v) is 14.0. The van der Waals surface area contributed by atoms with Crippen LogP contribution in [0.2, 0.25) is 0 Å². The van der Waals surface area contributed by atoms with E-state index in [4.69, 9.17) is 14.5 Å². The van der Waals surface area contributed by atoms with Gasteiger partial charge >= 0.3 is 12.1 Å². The lowest BCUT2D eigenvalue weighted by molar-refractivity contribution is 0.0217. The minimum Gasteiger partial charge on any atom is -0.462 e. The molecule has 13 heteroatoms. The molecule has 4 aromatic rings. The van der Waals surface area contributed by atoms with Crippen molar-refractivity contribution in [1.29, 1.82) is 5.26 Å². The first kappa shape index (κ1) is 37.0. The van der Waals surface area contributed by atoms with Crippen LogP contribution in [0.25, 0.3) is 10.4 Å². The summed E-state index contributed by atoms with van der Waals surface area (Å²) in [6.07, 6.45) is 1.13. The van der Waals surface area contributed by atoms with Gasteiger partial charge < -0.3 is 14.8 Å². The lowest BCUT2D eigenvalue weighted by Gasteiger charge is -2.30. The van der Waals surface area contributed by atoms with E-state index < -0.39 is 41.2 Å². The van der Waals surface area contributed by atoms with Crippen molar-refractivity contribution >= 4 is 29.3 Å². The van der Waals surface area contributed by atoms with Crippen LogP contribution >= 0.6 is 11.3 Å². The molecule has 0 aliphatic carbocycles. The molecule has 1 aliphatic heterocycles. The van der Waals surface area contributed by atoms with Crippen molar-refractivity contribution in [2.45, 2.75) is 71.6 Å². The average molecular weight is 719 g/mol. The second kappa shape index (κ2) is 15.8. The van der Waals surface area contributed by atoms with Crippen LogP contribution in [0.1, 0.15) is 94.7 Å². The van der Waals surface area contributed by atoms with Gasteiger partial charge in [-0.05, 0) is 101 Å². The number of nitriles is 1. The number of aromatic nitrogens is 1. The largest absolute Gasteiger partial charge is 0.462 e. The zero-order valence-electron chi connectivity index (χ0n) is 28.6. The van der Waals surface area contributed by atoms with Gasteiger partial charge in [0.15, 0.2) is 11.6 Å². The molecular weight excluding hydrogens is 682 g/mol. The summed E-state index contributed by atoms with van der Waals surface area (Å²) in [6.45, 7) is 7.22. The van der Waals surface area contributed by atoms with Crippen molar-refractivity contribution in [2.75, 3.05) is 13.2 Å². The number of pyridine rings is 1. The van der Waals surface area contributed by atoms with Crippen LogP contribution in [-0.4, -0.2) is 46.6 Å². The van der Waals surface area contributed by atoms with Gasteiger partial charge in [0.2, 0.25) is 0 Å². The average Bonchev–Trinajstić information content (AvgIpc) is 3.78. The summed E-state index contributed by atoms with van der Waals surface area (Å²) in [4.78, 5) is 47.6. The van der Waals surface area contributed by atoms with E-state index in [1.54, 1.807) is 45.9 Å². The number of halogens is 3. The number of nitrogens with zero attached hydrogens (tertiary/aromatic N) is 3. The van der Waals surface area contributed by atoms with E-state index in [9.17, 15) is 32.8 Å². The summed E-state index contributed by atoms with van der Waals surface area (Å²) >= 11 is 1.03. The van der Waals surface area contributed by atoms with E-state index in [2.05, 4.69) is 11.4 Å². The minimum absolute atomic E-state index is 0.00925. The Balaban J connectivity index is 1.62. The van der Waals surface area contributed by atoms with E-state index in [1.807, 2.05) is 0 Å². The molecule has 266 valence electrons. The number of esters is 1. The number of nitrogens with one attached hydrogen (secondary N) is 1. The zero-order chi connectivity index (χ0) is 36.9. The van der Waals surface area contributed by atoms with Crippen molar-refractivity contribution in [2.24, 2.45) is 0 Å². The molecule has 0 bridgehead atoms. The van der Waals surface area contributed by atoms with Gasteiger partial charge in [0.25, 0.3) is 5.91 Å². The number of ether oxygens (including phenoxy) is 2. The molecule has 51 heavy (non-hydrogen) atoms. The number of aryl methyl sites for hydroxylation is 2. The molecule has 1 N–H and O–H groups in total. The maximum absolute atomic E-state index is 13.9. The number of hydrogen-bond donors (Lipinski definition) is 1. The Morgan fingerprint density at radius 3 is 2.41 bits per heavy atom. The number of benzene rings is 2. The van der Waals surface area contributed by atoms with Crippen molar-refractivity contribution in [3.05, 3.63) is 111 Å². The van der Waals surface area contributed by atoms with Crippen molar-refractivity contribution in [1.82, 2.24) is 15.2 Å². The first-order valence-corrected chi connectivity index (χ1v) is 17.3. The first-order valence-electron chi connectivity index (χ1n) is 16.5. The highest BCUT2D eigenvalue weighted by Gasteiger charge is 2.39. The Kier molecular flexibility index (Phi) is 11.5. The maximum Gasteiger partial charge on any atom is 0.410 e. The number of likely N-dealkylation sites (tertiary alicyclic amines) is 1. The fourth-order valence-electron chi connectivity index (χ4n) is 5.87. The van der Waals surface area contributed by atoms with Gasteiger partial charge in [-0.1, -0.05) is 18.2 Å². The highest BCUT2D eigenvalue weighted by atomic mass is 32.1. The summed E-state index contributed by atoms with van der Waals surface area (Å²) in [5, 5.41) is 13.3. The molecule has 2 aromatic heterocycles. The number of rotatable bonds is 10. The number of amides is 2. The van der Waals surface area contributed by atoms with Gasteiger partial charge in [0.05, 0.1) is 40.0 Å². The molecule has 0 radical (unpaired) electrons. The molecular formula is C38H37F3N4O5S. The number of carbonyl (C=O) groups is 3.